The number of nitrogens with one attached hydrogen (secondary N) is 1. The van der Waals surface area contributed by atoms with Crippen molar-refractivity contribution in [1.29, 1.82) is 0 Å². The van der Waals surface area contributed by atoms with Crippen molar-refractivity contribution in [2.75, 3.05) is 5.32 Å². The van der Waals surface area contributed by atoms with Crippen LogP contribution in [0.5, 0.6) is 0 Å². The van der Waals surface area contributed by atoms with Crippen LogP contribution in [0, 0.1) is 0 Å². The summed E-state index contributed by atoms with van der Waals surface area (Å²) in [6, 6.07) is 14.2. The Hall–Kier alpha value is -2.99. The first-order valence-electron chi connectivity index (χ1n) is 8.07. The van der Waals surface area contributed by atoms with Gasteiger partial charge in [-0.05, 0) is 25.1 Å². The minimum atomic E-state index is -0.677. The van der Waals surface area contributed by atoms with Crippen LogP contribution < -0.4 is 10.9 Å². The third-order valence-corrected chi connectivity index (χ3v) is 4.00. The Balaban J connectivity index is 1.71. The highest BCUT2D eigenvalue weighted by atomic mass is 16.3. The van der Waals surface area contributed by atoms with E-state index < -0.39 is 6.10 Å². The summed E-state index contributed by atoms with van der Waals surface area (Å²) in [6.45, 7) is 1.88. The molecule has 128 valence electrons. The summed E-state index contributed by atoms with van der Waals surface area (Å²) in [4.78, 5) is 28.8. The van der Waals surface area contributed by atoms with Gasteiger partial charge in [-0.25, -0.2) is 4.98 Å². The van der Waals surface area contributed by atoms with Gasteiger partial charge in [-0.3, -0.25) is 14.2 Å². The number of nitrogens with zero attached hydrogens (tertiary/aromatic N) is 2. The van der Waals surface area contributed by atoms with E-state index in [9.17, 15) is 14.7 Å². The van der Waals surface area contributed by atoms with Gasteiger partial charge in [0.05, 0.1) is 23.3 Å². The van der Waals surface area contributed by atoms with Crippen molar-refractivity contribution in [2.45, 2.75) is 26.0 Å². The van der Waals surface area contributed by atoms with Gasteiger partial charge in [-0.1, -0.05) is 30.3 Å². The van der Waals surface area contributed by atoms with Crippen molar-refractivity contribution < 1.29 is 9.90 Å². The van der Waals surface area contributed by atoms with Crippen molar-refractivity contribution in [3.05, 3.63) is 70.8 Å². The molecule has 1 amide bonds. The maximum atomic E-state index is 12.4. The van der Waals surface area contributed by atoms with Gasteiger partial charge in [-0.2, -0.15) is 0 Å². The average molecular weight is 337 g/mol. The van der Waals surface area contributed by atoms with Crippen molar-refractivity contribution in [1.82, 2.24) is 9.55 Å². The molecule has 1 heterocycles. The Labute approximate surface area is 144 Å². The Bertz CT molecular complexity index is 963. The van der Waals surface area contributed by atoms with Gasteiger partial charge in [0.25, 0.3) is 5.56 Å². The van der Waals surface area contributed by atoms with Crippen LogP contribution in [-0.4, -0.2) is 20.6 Å². The molecule has 0 saturated carbocycles. The molecule has 2 N–H and O–H groups in total. The van der Waals surface area contributed by atoms with E-state index in [1.54, 1.807) is 49.4 Å². The first-order valence-corrected chi connectivity index (χ1v) is 8.07. The summed E-state index contributed by atoms with van der Waals surface area (Å²) in [7, 11) is 0. The van der Waals surface area contributed by atoms with Crippen molar-refractivity contribution in [3.63, 3.8) is 0 Å². The summed E-state index contributed by atoms with van der Waals surface area (Å²) in [6.07, 6.45) is 0.916. The second-order valence-electron chi connectivity index (χ2n) is 5.82. The van der Waals surface area contributed by atoms with Crippen LogP contribution in [0.4, 0.5) is 5.69 Å². The lowest BCUT2D eigenvalue weighted by molar-refractivity contribution is -0.116. The van der Waals surface area contributed by atoms with Crippen LogP contribution in [0.15, 0.2) is 59.7 Å². The number of para-hydroxylation sites is 2. The van der Waals surface area contributed by atoms with Crippen molar-refractivity contribution >= 4 is 22.5 Å². The van der Waals surface area contributed by atoms with Gasteiger partial charge in [-0.15, -0.1) is 0 Å². The van der Waals surface area contributed by atoms with Crippen LogP contribution >= 0.6 is 0 Å². The number of fused-ring (bicyclic) bond motifs is 1. The second kappa shape index (κ2) is 7.27. The molecule has 3 aromatic rings. The lowest BCUT2D eigenvalue weighted by atomic mass is 10.1. The molecule has 2 aromatic carbocycles. The van der Waals surface area contributed by atoms with E-state index in [4.69, 9.17) is 0 Å². The van der Waals surface area contributed by atoms with E-state index in [1.165, 1.54) is 10.9 Å². The number of hydrogen-bond acceptors (Lipinski definition) is 4. The number of hydrogen-bond donors (Lipinski definition) is 2. The molecule has 0 aliphatic rings. The summed E-state index contributed by atoms with van der Waals surface area (Å²) >= 11 is 0. The Morgan fingerprint density at radius 2 is 1.92 bits per heavy atom. The number of aliphatic hydroxyl groups excluding tert-OH is 1. The average Bonchev–Trinajstić information content (AvgIpc) is 2.61. The van der Waals surface area contributed by atoms with Crippen LogP contribution in [-0.2, 0) is 11.3 Å². The minimum Gasteiger partial charge on any atom is -0.389 e. The molecule has 0 radical (unpaired) electrons. The zero-order valence-electron chi connectivity index (χ0n) is 13.8. The number of aryl methyl sites for hydroxylation is 1. The van der Waals surface area contributed by atoms with E-state index in [0.29, 0.717) is 22.2 Å². The molecule has 0 aliphatic heterocycles. The van der Waals surface area contributed by atoms with Gasteiger partial charge in [0.2, 0.25) is 5.91 Å². The van der Waals surface area contributed by atoms with Crippen LogP contribution in [0.3, 0.4) is 0 Å². The Kier molecular flexibility index (Phi) is 4.90. The molecule has 0 fully saturated rings. The zero-order chi connectivity index (χ0) is 17.8. The smallest absolute Gasteiger partial charge is 0.261 e. The third kappa shape index (κ3) is 3.75. The summed E-state index contributed by atoms with van der Waals surface area (Å²) in [5.41, 5.74) is 1.70. The molecule has 6 heteroatoms. The minimum absolute atomic E-state index is 0.133. The fraction of sp³-hybridized carbons (Fsp3) is 0.211. The summed E-state index contributed by atoms with van der Waals surface area (Å²) in [5.74, 6) is -0.229. The molecule has 0 saturated heterocycles. The highest BCUT2D eigenvalue weighted by molar-refractivity contribution is 5.91. The number of amides is 1. The van der Waals surface area contributed by atoms with E-state index in [1.807, 2.05) is 6.07 Å². The number of carbonyl (C=O) groups excluding carboxylic acids is 1. The molecule has 3 rings (SSSR count). The van der Waals surface area contributed by atoms with Gasteiger partial charge in [0, 0.05) is 24.2 Å². The lowest BCUT2D eigenvalue weighted by Crippen LogP contribution is -2.24. The fourth-order valence-corrected chi connectivity index (χ4v) is 2.68. The number of aliphatic hydroxyl groups is 1. The van der Waals surface area contributed by atoms with E-state index in [2.05, 4.69) is 10.3 Å². The second-order valence-corrected chi connectivity index (χ2v) is 5.82. The molecule has 0 aliphatic carbocycles. The Morgan fingerprint density at radius 3 is 2.72 bits per heavy atom. The first kappa shape index (κ1) is 16.9. The summed E-state index contributed by atoms with van der Waals surface area (Å²) in [5, 5.41) is 13.1. The SMILES string of the molecule is CC(O)c1ccccc1NC(=O)CCn1cnc2ccccc2c1=O. The van der Waals surface area contributed by atoms with E-state index in [0.717, 1.165) is 0 Å². The van der Waals surface area contributed by atoms with Gasteiger partial charge in [0.1, 0.15) is 0 Å². The summed E-state index contributed by atoms with van der Waals surface area (Å²) < 4.78 is 1.43. The number of rotatable bonds is 5. The molecular weight excluding hydrogens is 318 g/mol. The van der Waals surface area contributed by atoms with E-state index in [-0.39, 0.29) is 24.4 Å². The quantitative estimate of drug-likeness (QED) is 0.749. The topological polar surface area (TPSA) is 84.2 Å². The number of anilines is 1. The first-order chi connectivity index (χ1) is 12.1. The molecular formula is C19H19N3O3. The Morgan fingerprint density at radius 1 is 1.20 bits per heavy atom. The van der Waals surface area contributed by atoms with Crippen molar-refractivity contribution in [2.24, 2.45) is 0 Å². The molecule has 1 unspecified atom stereocenters. The number of benzene rings is 2. The van der Waals surface area contributed by atoms with Crippen LogP contribution in [0.2, 0.25) is 0 Å². The normalized spacial score (nSPS) is 12.1. The van der Waals surface area contributed by atoms with Crippen LogP contribution in [0.25, 0.3) is 10.9 Å². The predicted octanol–water partition coefficient (Wildman–Crippen LogP) is 2.48. The van der Waals surface area contributed by atoms with Gasteiger partial charge in [0.15, 0.2) is 0 Å². The molecule has 1 atom stereocenters. The standard InChI is InChI=1S/C19H19N3O3/c1-13(23)14-6-2-5-9-17(14)21-18(24)10-11-22-12-20-16-8-4-3-7-15(16)19(22)25/h2-9,12-13,23H,10-11H2,1H3,(H,21,24). The molecule has 0 spiro atoms. The highest BCUT2D eigenvalue weighted by Crippen LogP contribution is 2.22. The number of aromatic nitrogens is 2. The molecule has 6 nitrogen and oxygen atoms in total. The predicted molar refractivity (Wildman–Crippen MR) is 96.3 cm³/mol. The lowest BCUT2D eigenvalue weighted by Gasteiger charge is -2.13. The molecule has 0 bridgehead atoms. The maximum Gasteiger partial charge on any atom is 0.261 e. The molecule has 25 heavy (non-hydrogen) atoms. The number of carbonyl (C=O) groups is 1. The van der Waals surface area contributed by atoms with Crippen molar-refractivity contribution in [3.8, 4) is 0 Å². The maximum absolute atomic E-state index is 12.4. The van der Waals surface area contributed by atoms with Crippen LogP contribution in [0.1, 0.15) is 25.0 Å². The van der Waals surface area contributed by atoms with Gasteiger partial charge < -0.3 is 10.4 Å². The highest BCUT2D eigenvalue weighted by Gasteiger charge is 2.11. The van der Waals surface area contributed by atoms with Gasteiger partial charge >= 0.3 is 0 Å². The monoisotopic (exact) mass is 337 g/mol. The fourth-order valence-electron chi connectivity index (χ4n) is 2.68. The zero-order valence-corrected chi connectivity index (χ0v) is 13.8. The largest absolute Gasteiger partial charge is 0.389 e. The van der Waals surface area contributed by atoms with E-state index >= 15 is 0 Å². The molecule has 1 aromatic heterocycles. The third-order valence-electron chi connectivity index (χ3n) is 4.00.